The van der Waals surface area contributed by atoms with Gasteiger partial charge in [0.25, 0.3) is 0 Å². The Hall–Kier alpha value is -2.07. The van der Waals surface area contributed by atoms with Gasteiger partial charge in [-0.2, -0.15) is 0 Å². The van der Waals surface area contributed by atoms with Gasteiger partial charge in [-0.3, -0.25) is 4.57 Å². The van der Waals surface area contributed by atoms with Crippen LogP contribution in [-0.4, -0.2) is 14.5 Å². The summed E-state index contributed by atoms with van der Waals surface area (Å²) >= 11 is 6.39. The first-order valence-corrected chi connectivity index (χ1v) is 6.73. The van der Waals surface area contributed by atoms with Crippen LogP contribution in [0.2, 0.25) is 5.02 Å². The van der Waals surface area contributed by atoms with Gasteiger partial charge in [0.1, 0.15) is 12.1 Å². The van der Waals surface area contributed by atoms with Crippen LogP contribution in [0.1, 0.15) is 16.8 Å². The number of aryl methyl sites for hydroxylation is 2. The molecule has 2 aromatic heterocycles. The number of hydrogen-bond acceptors (Lipinski definition) is 3. The zero-order valence-corrected chi connectivity index (χ0v) is 12.4. The molecule has 0 bridgehead atoms. The Kier molecular flexibility index (Phi) is 2.91. The second-order valence-corrected chi connectivity index (χ2v) is 5.32. The molecule has 0 radical (unpaired) electrons. The van der Waals surface area contributed by atoms with Crippen LogP contribution in [-0.2, 0) is 0 Å². The molecule has 0 spiro atoms. The van der Waals surface area contributed by atoms with Crippen LogP contribution in [0.25, 0.3) is 16.7 Å². The molecule has 0 unspecified atom stereocenters. The molecule has 0 aliphatic carbocycles. The fraction of sp³-hybridized carbons (Fsp3) is 0.200. The zero-order valence-electron chi connectivity index (χ0n) is 11.6. The lowest BCUT2D eigenvalue weighted by molar-refractivity contribution is 1.00. The molecule has 2 heterocycles. The molecule has 2 N–H and O–H groups in total. The van der Waals surface area contributed by atoms with Gasteiger partial charge in [-0.15, -0.1) is 0 Å². The minimum atomic E-state index is 0.499. The summed E-state index contributed by atoms with van der Waals surface area (Å²) in [6.07, 6.45) is 1.49. The number of hydrogen-bond donors (Lipinski definition) is 1. The van der Waals surface area contributed by atoms with Gasteiger partial charge >= 0.3 is 0 Å². The summed E-state index contributed by atoms with van der Waals surface area (Å²) in [6.45, 7) is 6.10. The first-order chi connectivity index (χ1) is 9.52. The molecule has 3 aromatic rings. The number of halogens is 1. The molecular formula is C15H15ClN4. The molecule has 0 atom stereocenters. The monoisotopic (exact) mass is 286 g/mol. The van der Waals surface area contributed by atoms with Gasteiger partial charge in [-0.1, -0.05) is 23.7 Å². The average molecular weight is 287 g/mol. The van der Waals surface area contributed by atoms with E-state index in [1.165, 1.54) is 6.33 Å². The van der Waals surface area contributed by atoms with Crippen LogP contribution < -0.4 is 5.73 Å². The minimum absolute atomic E-state index is 0.499. The van der Waals surface area contributed by atoms with Gasteiger partial charge in [0.05, 0.1) is 16.1 Å². The van der Waals surface area contributed by atoms with Crippen molar-refractivity contribution < 1.29 is 0 Å². The summed E-state index contributed by atoms with van der Waals surface area (Å²) in [5.74, 6) is 0.499. The number of nitrogens with zero attached hydrogens (tertiary/aromatic N) is 3. The largest absolute Gasteiger partial charge is 0.383 e. The first kappa shape index (κ1) is 12.9. The van der Waals surface area contributed by atoms with Crippen LogP contribution in [0.3, 0.4) is 0 Å². The summed E-state index contributed by atoms with van der Waals surface area (Å²) in [7, 11) is 0. The average Bonchev–Trinajstić information content (AvgIpc) is 2.65. The van der Waals surface area contributed by atoms with Crippen molar-refractivity contribution in [3.8, 4) is 5.69 Å². The van der Waals surface area contributed by atoms with E-state index in [9.17, 15) is 0 Å². The van der Waals surface area contributed by atoms with Crippen LogP contribution in [0.5, 0.6) is 0 Å². The Morgan fingerprint density at radius 1 is 1.15 bits per heavy atom. The molecular weight excluding hydrogens is 272 g/mol. The molecule has 102 valence electrons. The number of nitrogen functional groups attached to an aromatic ring is 1. The molecule has 0 aliphatic rings. The summed E-state index contributed by atoms with van der Waals surface area (Å²) in [6, 6.07) is 5.86. The smallest absolute Gasteiger partial charge is 0.150 e. The van der Waals surface area contributed by atoms with E-state index < -0.39 is 0 Å². The maximum Gasteiger partial charge on any atom is 0.150 e. The highest BCUT2D eigenvalue weighted by Gasteiger charge is 2.18. The second kappa shape index (κ2) is 4.49. The van der Waals surface area contributed by atoms with E-state index in [0.29, 0.717) is 10.8 Å². The molecule has 3 rings (SSSR count). The van der Waals surface area contributed by atoms with Gasteiger partial charge in [0.15, 0.2) is 5.65 Å². The van der Waals surface area contributed by atoms with Gasteiger partial charge in [0, 0.05) is 5.69 Å². The lowest BCUT2D eigenvalue weighted by Gasteiger charge is -2.13. The van der Waals surface area contributed by atoms with Crippen LogP contribution in [0, 0.1) is 20.8 Å². The molecule has 20 heavy (non-hydrogen) atoms. The van der Waals surface area contributed by atoms with Crippen molar-refractivity contribution in [2.24, 2.45) is 0 Å². The summed E-state index contributed by atoms with van der Waals surface area (Å²) in [4.78, 5) is 8.48. The molecule has 0 aliphatic heterocycles. The van der Waals surface area contributed by atoms with Crippen molar-refractivity contribution >= 4 is 28.5 Å². The van der Waals surface area contributed by atoms with E-state index >= 15 is 0 Å². The van der Waals surface area contributed by atoms with Crippen molar-refractivity contribution in [3.05, 3.63) is 46.4 Å². The minimum Gasteiger partial charge on any atom is -0.383 e. The number of anilines is 1. The maximum atomic E-state index is 6.39. The van der Waals surface area contributed by atoms with Gasteiger partial charge in [0.2, 0.25) is 0 Å². The van der Waals surface area contributed by atoms with Crippen molar-refractivity contribution in [1.82, 2.24) is 14.5 Å². The molecule has 5 heteroatoms. The Morgan fingerprint density at radius 2 is 1.90 bits per heavy atom. The lowest BCUT2D eigenvalue weighted by Crippen LogP contribution is -2.02. The van der Waals surface area contributed by atoms with E-state index in [2.05, 4.69) is 14.5 Å². The van der Waals surface area contributed by atoms with Crippen LogP contribution >= 0.6 is 11.6 Å². The topological polar surface area (TPSA) is 56.7 Å². The molecule has 0 amide bonds. The van der Waals surface area contributed by atoms with Crippen LogP contribution in [0.4, 0.5) is 5.82 Å². The Morgan fingerprint density at radius 3 is 2.60 bits per heavy atom. The van der Waals surface area contributed by atoms with Gasteiger partial charge < -0.3 is 5.73 Å². The first-order valence-electron chi connectivity index (χ1n) is 6.36. The number of aromatic nitrogens is 3. The van der Waals surface area contributed by atoms with E-state index in [1.807, 2.05) is 39.0 Å². The third-order valence-corrected chi connectivity index (χ3v) is 4.04. The quantitative estimate of drug-likeness (QED) is 0.744. The van der Waals surface area contributed by atoms with Crippen molar-refractivity contribution in [3.63, 3.8) is 0 Å². The Labute approximate surface area is 122 Å². The summed E-state index contributed by atoms with van der Waals surface area (Å²) in [5, 5.41) is 1.59. The number of fused-ring (bicyclic) bond motifs is 1. The molecule has 0 saturated carbocycles. The Balaban J connectivity index is 2.50. The predicted molar refractivity (Wildman–Crippen MR) is 82.5 cm³/mol. The SMILES string of the molecule is Cc1cccc(Cl)c1-n1c(C)c(C)c2c(N)ncnc21. The van der Waals surface area contributed by atoms with Gasteiger partial charge in [-0.05, 0) is 38.0 Å². The summed E-state index contributed by atoms with van der Waals surface area (Å²) in [5.41, 5.74) is 11.0. The van der Waals surface area contributed by atoms with Gasteiger partial charge in [-0.25, -0.2) is 9.97 Å². The highest BCUT2D eigenvalue weighted by Crippen LogP contribution is 2.33. The third-order valence-electron chi connectivity index (χ3n) is 3.73. The molecule has 4 nitrogen and oxygen atoms in total. The zero-order chi connectivity index (χ0) is 14.4. The highest BCUT2D eigenvalue weighted by molar-refractivity contribution is 6.32. The van der Waals surface area contributed by atoms with E-state index in [0.717, 1.165) is 33.5 Å². The van der Waals surface area contributed by atoms with Crippen molar-refractivity contribution in [2.75, 3.05) is 5.73 Å². The summed E-state index contributed by atoms with van der Waals surface area (Å²) < 4.78 is 2.06. The molecule has 0 saturated heterocycles. The lowest BCUT2D eigenvalue weighted by atomic mass is 10.2. The normalized spacial score (nSPS) is 11.2. The van der Waals surface area contributed by atoms with E-state index in [1.54, 1.807) is 0 Å². The standard InChI is InChI=1S/C15H15ClN4/c1-8-5-4-6-11(16)13(8)20-10(3)9(2)12-14(17)18-7-19-15(12)20/h4-7H,1-3H3,(H2,17,18,19). The maximum absolute atomic E-state index is 6.39. The fourth-order valence-electron chi connectivity index (χ4n) is 2.61. The van der Waals surface area contributed by atoms with Crippen molar-refractivity contribution in [2.45, 2.75) is 20.8 Å². The number of benzene rings is 1. The van der Waals surface area contributed by atoms with Crippen molar-refractivity contribution in [1.29, 1.82) is 0 Å². The highest BCUT2D eigenvalue weighted by atomic mass is 35.5. The second-order valence-electron chi connectivity index (χ2n) is 4.91. The third kappa shape index (κ3) is 1.68. The fourth-order valence-corrected chi connectivity index (χ4v) is 2.91. The number of para-hydroxylation sites is 1. The number of nitrogens with two attached hydrogens (primary N) is 1. The predicted octanol–water partition coefficient (Wildman–Crippen LogP) is 3.58. The van der Waals surface area contributed by atoms with Crippen LogP contribution in [0.15, 0.2) is 24.5 Å². The van der Waals surface area contributed by atoms with E-state index in [4.69, 9.17) is 17.3 Å². The Bertz CT molecular complexity index is 800. The number of rotatable bonds is 1. The molecule has 0 fully saturated rings. The molecule has 1 aromatic carbocycles. The van der Waals surface area contributed by atoms with E-state index in [-0.39, 0.29) is 0 Å².